The SMILES string of the molecule is CN(C)C(=O)c1ccc(CNC(=O)N2CCOCC2)cc1. The summed E-state index contributed by atoms with van der Waals surface area (Å²) in [5, 5.41) is 2.88. The molecular weight excluding hydrogens is 270 g/mol. The highest BCUT2D eigenvalue weighted by molar-refractivity contribution is 5.93. The minimum absolute atomic E-state index is 0.0288. The molecule has 0 saturated carbocycles. The first-order valence-electron chi connectivity index (χ1n) is 6.99. The van der Waals surface area contributed by atoms with E-state index in [2.05, 4.69) is 5.32 Å². The number of carbonyl (C=O) groups excluding carboxylic acids is 2. The van der Waals surface area contributed by atoms with Crippen molar-refractivity contribution in [2.75, 3.05) is 40.4 Å². The third kappa shape index (κ3) is 4.19. The monoisotopic (exact) mass is 291 g/mol. The lowest BCUT2D eigenvalue weighted by molar-refractivity contribution is 0.0531. The van der Waals surface area contributed by atoms with Crippen molar-refractivity contribution in [1.82, 2.24) is 15.1 Å². The van der Waals surface area contributed by atoms with Gasteiger partial charge in [0.25, 0.3) is 5.91 Å². The van der Waals surface area contributed by atoms with Crippen molar-refractivity contribution in [3.63, 3.8) is 0 Å². The molecule has 0 atom stereocenters. The molecule has 1 aliphatic heterocycles. The van der Waals surface area contributed by atoms with Gasteiger partial charge in [-0.05, 0) is 17.7 Å². The van der Waals surface area contributed by atoms with Gasteiger partial charge in [-0.3, -0.25) is 4.79 Å². The standard InChI is InChI=1S/C15H21N3O3/c1-17(2)14(19)13-5-3-12(4-6-13)11-16-15(20)18-7-9-21-10-8-18/h3-6H,7-11H2,1-2H3,(H,16,20). The largest absolute Gasteiger partial charge is 0.378 e. The van der Waals surface area contributed by atoms with Gasteiger partial charge in [0, 0.05) is 39.3 Å². The molecule has 0 spiro atoms. The predicted octanol–water partition coefficient (Wildman–Crippen LogP) is 0.930. The van der Waals surface area contributed by atoms with Gasteiger partial charge in [0.15, 0.2) is 0 Å². The molecule has 6 heteroatoms. The molecule has 0 radical (unpaired) electrons. The molecule has 114 valence electrons. The highest BCUT2D eigenvalue weighted by Crippen LogP contribution is 2.07. The van der Waals surface area contributed by atoms with E-state index in [0.717, 1.165) is 5.56 Å². The topological polar surface area (TPSA) is 61.9 Å². The summed E-state index contributed by atoms with van der Waals surface area (Å²) in [6.07, 6.45) is 0. The van der Waals surface area contributed by atoms with Crippen LogP contribution in [0.25, 0.3) is 0 Å². The quantitative estimate of drug-likeness (QED) is 0.901. The molecule has 0 aromatic heterocycles. The summed E-state index contributed by atoms with van der Waals surface area (Å²) >= 11 is 0. The Bertz CT molecular complexity index is 493. The zero-order chi connectivity index (χ0) is 15.2. The van der Waals surface area contributed by atoms with Crippen LogP contribution in [0, 0.1) is 0 Å². The molecule has 21 heavy (non-hydrogen) atoms. The zero-order valence-electron chi connectivity index (χ0n) is 12.5. The Morgan fingerprint density at radius 3 is 2.38 bits per heavy atom. The van der Waals surface area contributed by atoms with Crippen molar-refractivity contribution in [3.8, 4) is 0 Å². The van der Waals surface area contributed by atoms with E-state index in [1.54, 1.807) is 31.1 Å². The minimum Gasteiger partial charge on any atom is -0.378 e. The Hall–Kier alpha value is -2.08. The van der Waals surface area contributed by atoms with E-state index in [1.807, 2.05) is 12.1 Å². The normalized spacial score (nSPS) is 14.7. The van der Waals surface area contributed by atoms with Crippen LogP contribution in [0.1, 0.15) is 15.9 Å². The average Bonchev–Trinajstić information content (AvgIpc) is 2.53. The summed E-state index contributed by atoms with van der Waals surface area (Å²) in [6.45, 7) is 2.89. The number of rotatable bonds is 3. The van der Waals surface area contributed by atoms with Crippen molar-refractivity contribution in [1.29, 1.82) is 0 Å². The van der Waals surface area contributed by atoms with Crippen LogP contribution in [0.4, 0.5) is 4.79 Å². The molecule has 0 aliphatic carbocycles. The highest BCUT2D eigenvalue weighted by atomic mass is 16.5. The first-order chi connectivity index (χ1) is 10.1. The van der Waals surface area contributed by atoms with E-state index in [9.17, 15) is 9.59 Å². The second-order valence-electron chi connectivity index (χ2n) is 5.15. The fraction of sp³-hybridized carbons (Fsp3) is 0.467. The molecule has 1 heterocycles. The number of hydrogen-bond acceptors (Lipinski definition) is 3. The second-order valence-corrected chi connectivity index (χ2v) is 5.15. The zero-order valence-corrected chi connectivity index (χ0v) is 12.5. The van der Waals surface area contributed by atoms with Gasteiger partial charge >= 0.3 is 6.03 Å². The van der Waals surface area contributed by atoms with Crippen molar-refractivity contribution < 1.29 is 14.3 Å². The molecule has 1 aliphatic rings. The maximum atomic E-state index is 11.9. The van der Waals surface area contributed by atoms with Crippen LogP contribution in [-0.2, 0) is 11.3 Å². The molecule has 1 fully saturated rings. The van der Waals surface area contributed by atoms with Crippen molar-refractivity contribution in [2.24, 2.45) is 0 Å². The molecule has 1 aromatic rings. The Morgan fingerprint density at radius 1 is 1.19 bits per heavy atom. The van der Waals surface area contributed by atoms with Gasteiger partial charge in [0.1, 0.15) is 0 Å². The third-order valence-corrected chi connectivity index (χ3v) is 3.35. The smallest absolute Gasteiger partial charge is 0.317 e. The van der Waals surface area contributed by atoms with Crippen LogP contribution in [-0.4, -0.2) is 62.1 Å². The number of urea groups is 1. The van der Waals surface area contributed by atoms with Crippen LogP contribution in [0.15, 0.2) is 24.3 Å². The van der Waals surface area contributed by atoms with Crippen LogP contribution in [0.2, 0.25) is 0 Å². The fourth-order valence-corrected chi connectivity index (χ4v) is 2.08. The van der Waals surface area contributed by atoms with Crippen LogP contribution >= 0.6 is 0 Å². The summed E-state index contributed by atoms with van der Waals surface area (Å²) < 4.78 is 5.21. The molecule has 1 N–H and O–H groups in total. The number of benzene rings is 1. The van der Waals surface area contributed by atoms with Crippen LogP contribution in [0.5, 0.6) is 0 Å². The van der Waals surface area contributed by atoms with Crippen molar-refractivity contribution >= 4 is 11.9 Å². The van der Waals surface area contributed by atoms with Crippen LogP contribution in [0.3, 0.4) is 0 Å². The van der Waals surface area contributed by atoms with E-state index in [0.29, 0.717) is 38.4 Å². The van der Waals surface area contributed by atoms with E-state index >= 15 is 0 Å². The van der Waals surface area contributed by atoms with Gasteiger partial charge in [0.2, 0.25) is 0 Å². The molecule has 0 unspecified atom stereocenters. The van der Waals surface area contributed by atoms with E-state index in [1.165, 1.54) is 4.90 Å². The Balaban J connectivity index is 1.86. The summed E-state index contributed by atoms with van der Waals surface area (Å²) in [5.74, 6) is -0.0288. The number of morpholine rings is 1. The molecular formula is C15H21N3O3. The summed E-state index contributed by atoms with van der Waals surface area (Å²) in [7, 11) is 3.44. The molecule has 3 amide bonds. The molecule has 0 bridgehead atoms. The fourth-order valence-electron chi connectivity index (χ4n) is 2.08. The number of amides is 3. The van der Waals surface area contributed by atoms with Gasteiger partial charge in [0.05, 0.1) is 13.2 Å². The van der Waals surface area contributed by atoms with E-state index < -0.39 is 0 Å². The summed E-state index contributed by atoms with van der Waals surface area (Å²) in [4.78, 5) is 27.0. The van der Waals surface area contributed by atoms with Gasteiger partial charge < -0.3 is 19.9 Å². The average molecular weight is 291 g/mol. The maximum Gasteiger partial charge on any atom is 0.317 e. The van der Waals surface area contributed by atoms with Gasteiger partial charge in [-0.15, -0.1) is 0 Å². The lowest BCUT2D eigenvalue weighted by atomic mass is 10.1. The number of nitrogens with zero attached hydrogens (tertiary/aromatic N) is 2. The van der Waals surface area contributed by atoms with Crippen molar-refractivity contribution in [2.45, 2.75) is 6.54 Å². The van der Waals surface area contributed by atoms with Crippen molar-refractivity contribution in [3.05, 3.63) is 35.4 Å². The van der Waals surface area contributed by atoms with Gasteiger partial charge in [-0.25, -0.2) is 4.79 Å². The van der Waals surface area contributed by atoms with Gasteiger partial charge in [-0.2, -0.15) is 0 Å². The summed E-state index contributed by atoms with van der Waals surface area (Å²) in [6, 6.07) is 7.19. The summed E-state index contributed by atoms with van der Waals surface area (Å²) in [5.41, 5.74) is 1.61. The third-order valence-electron chi connectivity index (χ3n) is 3.35. The maximum absolute atomic E-state index is 11.9. The molecule has 6 nitrogen and oxygen atoms in total. The first-order valence-corrected chi connectivity index (χ1v) is 6.99. The number of ether oxygens (including phenoxy) is 1. The van der Waals surface area contributed by atoms with E-state index in [-0.39, 0.29) is 11.9 Å². The highest BCUT2D eigenvalue weighted by Gasteiger charge is 2.16. The lowest BCUT2D eigenvalue weighted by Crippen LogP contribution is -2.45. The van der Waals surface area contributed by atoms with E-state index in [4.69, 9.17) is 4.74 Å². The lowest BCUT2D eigenvalue weighted by Gasteiger charge is -2.26. The molecule has 1 aromatic carbocycles. The number of hydrogen-bond donors (Lipinski definition) is 1. The molecule has 1 saturated heterocycles. The van der Waals surface area contributed by atoms with Crippen LogP contribution < -0.4 is 5.32 Å². The Morgan fingerprint density at radius 2 is 1.81 bits per heavy atom. The Kier molecular flexibility index (Phi) is 5.16. The Labute approximate surface area is 124 Å². The molecule has 2 rings (SSSR count). The second kappa shape index (κ2) is 7.08. The first kappa shape index (κ1) is 15.3. The number of carbonyl (C=O) groups is 2. The predicted molar refractivity (Wildman–Crippen MR) is 79.1 cm³/mol. The number of nitrogens with one attached hydrogen (secondary N) is 1. The van der Waals surface area contributed by atoms with Gasteiger partial charge in [-0.1, -0.05) is 12.1 Å². The minimum atomic E-state index is -0.0771.